The lowest BCUT2D eigenvalue weighted by molar-refractivity contribution is 0.478. The zero-order valence-electron chi connectivity index (χ0n) is 16.3. The van der Waals surface area contributed by atoms with E-state index in [9.17, 15) is 5.11 Å². The van der Waals surface area contributed by atoms with E-state index in [4.69, 9.17) is 10.8 Å². The molecule has 0 unspecified atom stereocenters. The molecule has 4 N–H and O–H groups in total. The highest BCUT2D eigenvalue weighted by Gasteiger charge is 2.22. The molecule has 0 saturated heterocycles. The van der Waals surface area contributed by atoms with Gasteiger partial charge in [-0.05, 0) is 23.3 Å². The lowest BCUT2D eigenvalue weighted by Crippen LogP contribution is -2.04. The van der Waals surface area contributed by atoms with Crippen LogP contribution in [0.4, 0.5) is 0 Å². The Labute approximate surface area is 173 Å². The lowest BCUT2D eigenvalue weighted by Gasteiger charge is -2.08. The third-order valence-electron chi connectivity index (χ3n) is 5.16. The average molecular weight is 395 g/mol. The van der Waals surface area contributed by atoms with E-state index in [1.807, 2.05) is 83.5 Å². The molecule has 0 radical (unpaired) electrons. The molecule has 0 bridgehead atoms. The number of nitrogens with one attached hydrogen (secondary N) is 1. The number of imidazole rings is 1. The number of aromatic amines is 1. The van der Waals surface area contributed by atoms with Gasteiger partial charge < -0.3 is 15.8 Å². The molecule has 2 heterocycles. The molecule has 0 aliphatic rings. The topological polar surface area (TPSA) is 92.8 Å². The number of fused-ring (bicyclic) bond motifs is 1. The van der Waals surface area contributed by atoms with Gasteiger partial charge in [-0.2, -0.15) is 5.10 Å². The summed E-state index contributed by atoms with van der Waals surface area (Å²) in [5, 5.41) is 15.9. The summed E-state index contributed by atoms with van der Waals surface area (Å²) in [6, 6.07) is 25.7. The third-order valence-corrected chi connectivity index (χ3v) is 5.16. The summed E-state index contributed by atoms with van der Waals surface area (Å²) < 4.78 is 1.83. The molecule has 0 saturated carbocycles. The lowest BCUT2D eigenvalue weighted by atomic mass is 10.1. The normalized spacial score (nSPS) is 11.2. The SMILES string of the molecule is NCc1ccc2nc(-c3nn(Cc4ccccc4)c(-c4ccccc4)c3O)[nH]c2c1. The van der Waals surface area contributed by atoms with Crippen LogP contribution in [0.2, 0.25) is 0 Å². The van der Waals surface area contributed by atoms with Crippen LogP contribution >= 0.6 is 0 Å². The monoisotopic (exact) mass is 395 g/mol. The summed E-state index contributed by atoms with van der Waals surface area (Å²) in [5.74, 6) is 0.635. The summed E-state index contributed by atoms with van der Waals surface area (Å²) in [6.07, 6.45) is 0. The van der Waals surface area contributed by atoms with E-state index in [0.717, 1.165) is 27.7 Å². The van der Waals surface area contributed by atoms with Crippen molar-refractivity contribution in [3.63, 3.8) is 0 Å². The molecule has 6 heteroatoms. The van der Waals surface area contributed by atoms with Crippen molar-refractivity contribution in [2.75, 3.05) is 0 Å². The summed E-state index contributed by atoms with van der Waals surface area (Å²) in [6.45, 7) is 0.996. The Morgan fingerprint density at radius 2 is 1.63 bits per heavy atom. The fourth-order valence-electron chi connectivity index (χ4n) is 3.66. The number of benzene rings is 3. The second-order valence-corrected chi connectivity index (χ2v) is 7.20. The zero-order valence-corrected chi connectivity index (χ0v) is 16.3. The van der Waals surface area contributed by atoms with Crippen molar-refractivity contribution < 1.29 is 5.11 Å². The van der Waals surface area contributed by atoms with Crippen LogP contribution in [-0.2, 0) is 13.1 Å². The first-order valence-electron chi connectivity index (χ1n) is 9.81. The minimum absolute atomic E-state index is 0.107. The standard InChI is InChI=1S/C24H21N5O/c25-14-17-11-12-19-20(13-17)27-24(26-19)21-23(30)22(18-9-5-2-6-10-18)29(28-21)15-16-7-3-1-4-8-16/h1-13,30H,14-15,25H2,(H,26,27). The fraction of sp³-hybridized carbons (Fsp3) is 0.0833. The van der Waals surface area contributed by atoms with Gasteiger partial charge in [0.05, 0.1) is 17.6 Å². The van der Waals surface area contributed by atoms with Crippen LogP contribution in [0.1, 0.15) is 11.1 Å². The minimum atomic E-state index is 0.107. The highest BCUT2D eigenvalue weighted by atomic mass is 16.3. The highest BCUT2D eigenvalue weighted by Crippen LogP contribution is 2.37. The van der Waals surface area contributed by atoms with Crippen molar-refractivity contribution in [2.45, 2.75) is 13.1 Å². The first-order valence-corrected chi connectivity index (χ1v) is 9.81. The maximum Gasteiger partial charge on any atom is 0.173 e. The number of rotatable bonds is 5. The highest BCUT2D eigenvalue weighted by molar-refractivity contribution is 5.82. The van der Waals surface area contributed by atoms with Gasteiger partial charge in [0.2, 0.25) is 0 Å². The van der Waals surface area contributed by atoms with E-state index in [2.05, 4.69) is 9.97 Å². The smallest absolute Gasteiger partial charge is 0.173 e. The quantitative estimate of drug-likeness (QED) is 0.413. The minimum Gasteiger partial charge on any atom is -0.504 e. The molecule has 2 aromatic heterocycles. The molecule has 0 amide bonds. The molecular formula is C24H21N5O. The molecule has 0 aliphatic carbocycles. The van der Waals surface area contributed by atoms with Crippen molar-refractivity contribution in [2.24, 2.45) is 5.73 Å². The van der Waals surface area contributed by atoms with Gasteiger partial charge in [-0.3, -0.25) is 4.68 Å². The van der Waals surface area contributed by atoms with E-state index < -0.39 is 0 Å². The Morgan fingerprint density at radius 3 is 2.37 bits per heavy atom. The van der Waals surface area contributed by atoms with Gasteiger partial charge in [-0.15, -0.1) is 0 Å². The second-order valence-electron chi connectivity index (χ2n) is 7.20. The average Bonchev–Trinajstić information content (AvgIpc) is 3.35. The predicted octanol–water partition coefficient (Wildman–Crippen LogP) is 4.31. The predicted molar refractivity (Wildman–Crippen MR) is 118 cm³/mol. The Bertz CT molecular complexity index is 1310. The number of aromatic nitrogens is 4. The van der Waals surface area contributed by atoms with Crippen LogP contribution in [0.3, 0.4) is 0 Å². The first-order chi connectivity index (χ1) is 14.7. The van der Waals surface area contributed by atoms with Crippen LogP contribution < -0.4 is 5.73 Å². The van der Waals surface area contributed by atoms with E-state index >= 15 is 0 Å². The maximum absolute atomic E-state index is 11.2. The van der Waals surface area contributed by atoms with Crippen molar-refractivity contribution in [1.29, 1.82) is 0 Å². The van der Waals surface area contributed by atoms with E-state index in [0.29, 0.717) is 30.3 Å². The summed E-state index contributed by atoms with van der Waals surface area (Å²) in [7, 11) is 0. The molecule has 0 atom stereocenters. The van der Waals surface area contributed by atoms with Gasteiger partial charge in [0, 0.05) is 12.1 Å². The number of nitrogens with two attached hydrogens (primary N) is 1. The van der Waals surface area contributed by atoms with Gasteiger partial charge in [-0.25, -0.2) is 4.98 Å². The van der Waals surface area contributed by atoms with Crippen LogP contribution in [0.15, 0.2) is 78.9 Å². The molecule has 0 aliphatic heterocycles. The molecular weight excluding hydrogens is 374 g/mol. The van der Waals surface area contributed by atoms with Crippen LogP contribution in [-0.4, -0.2) is 24.9 Å². The Hall–Kier alpha value is -3.90. The van der Waals surface area contributed by atoms with E-state index in [1.54, 1.807) is 0 Å². The summed E-state index contributed by atoms with van der Waals surface area (Å²) >= 11 is 0. The molecule has 0 spiro atoms. The molecule has 30 heavy (non-hydrogen) atoms. The third kappa shape index (κ3) is 3.23. The number of H-pyrrole nitrogens is 1. The van der Waals surface area contributed by atoms with Crippen molar-refractivity contribution >= 4 is 11.0 Å². The summed E-state index contributed by atoms with van der Waals surface area (Å²) in [5.41, 5.74) is 11.5. The van der Waals surface area contributed by atoms with E-state index in [-0.39, 0.29) is 5.75 Å². The van der Waals surface area contributed by atoms with Crippen molar-refractivity contribution in [3.8, 4) is 28.5 Å². The Morgan fingerprint density at radius 1 is 0.900 bits per heavy atom. The molecule has 0 fully saturated rings. The van der Waals surface area contributed by atoms with Crippen LogP contribution in [0, 0.1) is 0 Å². The first kappa shape index (κ1) is 18.1. The zero-order chi connectivity index (χ0) is 20.5. The van der Waals surface area contributed by atoms with Gasteiger partial charge in [-0.1, -0.05) is 66.7 Å². The number of hydrogen-bond acceptors (Lipinski definition) is 4. The molecule has 5 rings (SSSR count). The largest absolute Gasteiger partial charge is 0.504 e. The van der Waals surface area contributed by atoms with Gasteiger partial charge in [0.25, 0.3) is 0 Å². The number of hydrogen-bond donors (Lipinski definition) is 3. The van der Waals surface area contributed by atoms with Gasteiger partial charge in [0.15, 0.2) is 17.3 Å². The van der Waals surface area contributed by atoms with Crippen LogP contribution in [0.5, 0.6) is 5.75 Å². The maximum atomic E-state index is 11.2. The molecule has 148 valence electrons. The second kappa shape index (κ2) is 7.50. The summed E-state index contributed by atoms with van der Waals surface area (Å²) in [4.78, 5) is 7.92. The van der Waals surface area contributed by atoms with Crippen molar-refractivity contribution in [3.05, 3.63) is 90.0 Å². The number of aromatic hydroxyl groups is 1. The molecule has 6 nitrogen and oxygen atoms in total. The van der Waals surface area contributed by atoms with Gasteiger partial charge in [0.1, 0.15) is 5.69 Å². The molecule has 5 aromatic rings. The van der Waals surface area contributed by atoms with Crippen LogP contribution in [0.25, 0.3) is 33.8 Å². The Kier molecular flexibility index (Phi) is 4.53. The molecule has 3 aromatic carbocycles. The van der Waals surface area contributed by atoms with E-state index in [1.165, 1.54) is 0 Å². The fourth-order valence-corrected chi connectivity index (χ4v) is 3.66. The number of nitrogens with zero attached hydrogens (tertiary/aromatic N) is 3. The van der Waals surface area contributed by atoms with Gasteiger partial charge >= 0.3 is 0 Å². The van der Waals surface area contributed by atoms with Crippen molar-refractivity contribution in [1.82, 2.24) is 19.7 Å². The Balaban J connectivity index is 1.66.